The van der Waals surface area contributed by atoms with Crippen molar-refractivity contribution in [1.29, 1.82) is 0 Å². The molecule has 0 aliphatic carbocycles. The summed E-state index contributed by atoms with van der Waals surface area (Å²) in [6, 6.07) is 4.88. The summed E-state index contributed by atoms with van der Waals surface area (Å²) in [4.78, 5) is 22.5. The number of rotatable bonds is 3. The first-order chi connectivity index (χ1) is 11.6. The molecular weight excluding hydrogens is 351 g/mol. The van der Waals surface area contributed by atoms with Crippen LogP contribution in [-0.2, 0) is 6.18 Å². The number of nitrogens with one attached hydrogen (secondary N) is 2. The van der Waals surface area contributed by atoms with Crippen LogP contribution in [0.2, 0.25) is 0 Å². The summed E-state index contributed by atoms with van der Waals surface area (Å²) < 4.78 is 65.6. The quantitative estimate of drug-likeness (QED) is 0.713. The Morgan fingerprint density at radius 2 is 1.68 bits per heavy atom. The van der Waals surface area contributed by atoms with Crippen molar-refractivity contribution in [2.24, 2.45) is 0 Å². The number of benzene rings is 2. The predicted molar refractivity (Wildman–Crippen MR) is 77.4 cm³/mol. The molecule has 0 atom stereocenters. The van der Waals surface area contributed by atoms with Gasteiger partial charge in [-0.15, -0.1) is 0 Å². The smallest absolute Gasteiger partial charge is 0.419 e. The van der Waals surface area contributed by atoms with Crippen molar-refractivity contribution in [1.82, 2.24) is 0 Å². The third-order valence-corrected chi connectivity index (χ3v) is 3.01. The topological polar surface area (TPSA) is 78.4 Å². The monoisotopic (exact) mass is 360 g/mol. The van der Waals surface area contributed by atoms with Crippen molar-refractivity contribution >= 4 is 23.4 Å². The molecule has 0 radical (unpaired) electrons. The van der Waals surface area contributed by atoms with Gasteiger partial charge >= 0.3 is 12.3 Å². The molecule has 0 unspecified atom stereocenters. The summed E-state index contributed by atoms with van der Waals surface area (Å²) >= 11 is 0. The van der Waals surface area contributed by atoms with Crippen LogP contribution in [-0.4, -0.2) is 17.1 Å². The maximum atomic E-state index is 13.9. The molecular formula is C15H9F5N2O3. The van der Waals surface area contributed by atoms with E-state index < -0.39 is 46.6 Å². The fourth-order valence-electron chi connectivity index (χ4n) is 1.94. The van der Waals surface area contributed by atoms with Crippen molar-refractivity contribution < 1.29 is 36.6 Å². The van der Waals surface area contributed by atoms with E-state index in [9.17, 15) is 31.5 Å². The van der Waals surface area contributed by atoms with Crippen LogP contribution in [0.4, 0.5) is 38.1 Å². The number of hydrogen-bond donors (Lipinski definition) is 3. The molecule has 2 amide bonds. The molecule has 2 rings (SSSR count). The standard InChI is InChI=1S/C15H9F5N2O3/c16-10-5-4-7(21-14(24)25)6-11(10)22-13(23)8-2-1-3-9(12(8)17)15(18,19)20/h1-6,21H,(H,22,23)(H,24,25). The van der Waals surface area contributed by atoms with Crippen molar-refractivity contribution in [3.05, 3.63) is 59.2 Å². The lowest BCUT2D eigenvalue weighted by molar-refractivity contribution is -0.140. The van der Waals surface area contributed by atoms with Crippen LogP contribution in [0.5, 0.6) is 0 Å². The molecule has 2 aromatic carbocycles. The van der Waals surface area contributed by atoms with Crippen molar-refractivity contribution in [2.45, 2.75) is 6.18 Å². The average molecular weight is 360 g/mol. The van der Waals surface area contributed by atoms with Crippen LogP contribution < -0.4 is 10.6 Å². The molecule has 0 spiro atoms. The Labute approximate surface area is 137 Å². The van der Waals surface area contributed by atoms with Gasteiger partial charge in [-0.05, 0) is 30.3 Å². The number of carbonyl (C=O) groups excluding carboxylic acids is 1. The molecule has 0 aliphatic rings. The molecule has 0 saturated carbocycles. The maximum Gasteiger partial charge on any atom is 0.419 e. The lowest BCUT2D eigenvalue weighted by Gasteiger charge is -2.12. The summed E-state index contributed by atoms with van der Waals surface area (Å²) in [6.45, 7) is 0. The maximum absolute atomic E-state index is 13.9. The number of anilines is 2. The number of halogens is 5. The Hall–Kier alpha value is -3.17. The zero-order valence-corrected chi connectivity index (χ0v) is 12.1. The summed E-state index contributed by atoms with van der Waals surface area (Å²) in [5.74, 6) is -4.11. The molecule has 25 heavy (non-hydrogen) atoms. The zero-order valence-electron chi connectivity index (χ0n) is 12.1. The molecule has 132 valence electrons. The van der Waals surface area contributed by atoms with Gasteiger partial charge in [0, 0.05) is 5.69 Å². The fraction of sp³-hybridized carbons (Fsp3) is 0.0667. The summed E-state index contributed by atoms with van der Waals surface area (Å²) in [6.07, 6.45) is -6.45. The Kier molecular flexibility index (Phi) is 4.91. The second-order valence-electron chi connectivity index (χ2n) is 4.74. The van der Waals surface area contributed by atoms with E-state index in [1.165, 1.54) is 0 Å². The zero-order chi connectivity index (χ0) is 18.8. The molecule has 0 fully saturated rings. The fourth-order valence-corrected chi connectivity index (χ4v) is 1.94. The van der Waals surface area contributed by atoms with E-state index in [1.54, 1.807) is 0 Å². The highest BCUT2D eigenvalue weighted by atomic mass is 19.4. The van der Waals surface area contributed by atoms with E-state index in [2.05, 4.69) is 0 Å². The van der Waals surface area contributed by atoms with E-state index >= 15 is 0 Å². The van der Waals surface area contributed by atoms with Crippen LogP contribution in [0.1, 0.15) is 15.9 Å². The minimum atomic E-state index is -5.00. The van der Waals surface area contributed by atoms with E-state index in [-0.39, 0.29) is 5.69 Å². The summed E-state index contributed by atoms with van der Waals surface area (Å²) in [7, 11) is 0. The highest BCUT2D eigenvalue weighted by Gasteiger charge is 2.35. The largest absolute Gasteiger partial charge is 0.465 e. The lowest BCUT2D eigenvalue weighted by atomic mass is 10.1. The molecule has 0 bridgehead atoms. The van der Waals surface area contributed by atoms with Gasteiger partial charge in [0.05, 0.1) is 16.8 Å². The Morgan fingerprint density at radius 1 is 1.00 bits per heavy atom. The van der Waals surface area contributed by atoms with Gasteiger partial charge in [-0.3, -0.25) is 10.1 Å². The summed E-state index contributed by atoms with van der Waals surface area (Å²) in [5, 5.41) is 12.4. The highest BCUT2D eigenvalue weighted by molar-refractivity contribution is 6.05. The van der Waals surface area contributed by atoms with E-state index in [0.717, 1.165) is 30.3 Å². The highest BCUT2D eigenvalue weighted by Crippen LogP contribution is 2.32. The van der Waals surface area contributed by atoms with Crippen molar-refractivity contribution in [3.8, 4) is 0 Å². The van der Waals surface area contributed by atoms with E-state index in [1.807, 2.05) is 10.6 Å². The average Bonchev–Trinajstić information content (AvgIpc) is 2.49. The van der Waals surface area contributed by atoms with Gasteiger partial charge in [0.2, 0.25) is 0 Å². The third kappa shape index (κ3) is 4.22. The van der Waals surface area contributed by atoms with Crippen LogP contribution in [0.15, 0.2) is 36.4 Å². The third-order valence-electron chi connectivity index (χ3n) is 3.01. The first-order valence-electron chi connectivity index (χ1n) is 6.56. The second kappa shape index (κ2) is 6.75. The van der Waals surface area contributed by atoms with Crippen LogP contribution in [0.3, 0.4) is 0 Å². The molecule has 0 saturated heterocycles. The number of alkyl halides is 3. The first kappa shape index (κ1) is 18.2. The molecule has 10 heteroatoms. The second-order valence-corrected chi connectivity index (χ2v) is 4.74. The normalized spacial score (nSPS) is 11.1. The molecule has 0 aliphatic heterocycles. The number of hydrogen-bond acceptors (Lipinski definition) is 2. The number of carbonyl (C=O) groups is 2. The number of amides is 2. The van der Waals surface area contributed by atoms with Crippen molar-refractivity contribution in [2.75, 3.05) is 10.6 Å². The SMILES string of the molecule is O=C(O)Nc1ccc(F)c(NC(=O)c2cccc(C(F)(F)F)c2F)c1. The van der Waals surface area contributed by atoms with E-state index in [0.29, 0.717) is 6.07 Å². The van der Waals surface area contributed by atoms with Gasteiger partial charge in [-0.2, -0.15) is 13.2 Å². The van der Waals surface area contributed by atoms with Crippen molar-refractivity contribution in [3.63, 3.8) is 0 Å². The predicted octanol–water partition coefficient (Wildman–Crippen LogP) is 4.33. The minimum Gasteiger partial charge on any atom is -0.465 e. The molecule has 3 N–H and O–H groups in total. The van der Waals surface area contributed by atoms with Crippen LogP contribution in [0.25, 0.3) is 0 Å². The lowest BCUT2D eigenvalue weighted by Crippen LogP contribution is -2.18. The van der Waals surface area contributed by atoms with E-state index in [4.69, 9.17) is 5.11 Å². The number of carboxylic acid groups (broad SMARTS) is 1. The Morgan fingerprint density at radius 3 is 2.28 bits per heavy atom. The van der Waals surface area contributed by atoms with Gasteiger partial charge in [0.1, 0.15) is 11.6 Å². The van der Waals surface area contributed by atoms with Gasteiger partial charge in [0.25, 0.3) is 5.91 Å². The molecule has 5 nitrogen and oxygen atoms in total. The first-order valence-corrected chi connectivity index (χ1v) is 6.56. The Balaban J connectivity index is 2.33. The van der Waals surface area contributed by atoms with Gasteiger partial charge in [-0.1, -0.05) is 6.07 Å². The molecule has 0 heterocycles. The van der Waals surface area contributed by atoms with Crippen LogP contribution >= 0.6 is 0 Å². The Bertz CT molecular complexity index is 836. The van der Waals surface area contributed by atoms with Gasteiger partial charge in [0.15, 0.2) is 0 Å². The van der Waals surface area contributed by atoms with Gasteiger partial charge < -0.3 is 10.4 Å². The van der Waals surface area contributed by atoms with Crippen LogP contribution in [0, 0.1) is 11.6 Å². The minimum absolute atomic E-state index is 0.103. The molecule has 0 aromatic heterocycles. The summed E-state index contributed by atoms with van der Waals surface area (Å²) in [5.41, 5.74) is -3.21. The molecule has 2 aromatic rings. The van der Waals surface area contributed by atoms with Gasteiger partial charge in [-0.25, -0.2) is 13.6 Å².